The minimum atomic E-state index is -0.480. The van der Waals surface area contributed by atoms with Gasteiger partial charge in [0.05, 0.1) is 28.8 Å². The number of halogens is 1. The summed E-state index contributed by atoms with van der Waals surface area (Å²) in [6.07, 6.45) is 0.507. The summed E-state index contributed by atoms with van der Waals surface area (Å²) in [6, 6.07) is 26.2. The lowest BCUT2D eigenvalue weighted by Crippen LogP contribution is -2.40. The molecule has 4 rings (SSSR count). The minimum absolute atomic E-state index is 0.0924. The van der Waals surface area contributed by atoms with Crippen LogP contribution in [0.1, 0.15) is 57.8 Å². The number of carbonyl (C=O) groups excluding carboxylic acids is 2. The molecule has 3 N–H and O–H groups in total. The number of amides is 2. The van der Waals surface area contributed by atoms with Crippen LogP contribution >= 0.6 is 11.6 Å². The fraction of sp³-hybridized carbons (Fsp3) is 0.242. The summed E-state index contributed by atoms with van der Waals surface area (Å²) in [4.78, 5) is 25.5. The van der Waals surface area contributed by atoms with Gasteiger partial charge >= 0.3 is 0 Å². The van der Waals surface area contributed by atoms with Gasteiger partial charge in [0.25, 0.3) is 5.91 Å². The normalized spacial score (nSPS) is 12.3. The molecular weight excluding hydrogens is 536 g/mol. The average Bonchev–Trinajstić information content (AvgIpc) is 3.46. The molecule has 0 fully saturated rings. The van der Waals surface area contributed by atoms with Gasteiger partial charge in [-0.1, -0.05) is 53.6 Å². The van der Waals surface area contributed by atoms with E-state index in [1.165, 1.54) is 11.1 Å². The first-order chi connectivity index (χ1) is 19.7. The van der Waals surface area contributed by atoms with Crippen LogP contribution in [0.3, 0.4) is 0 Å². The van der Waals surface area contributed by atoms with E-state index in [0.29, 0.717) is 34.9 Å². The van der Waals surface area contributed by atoms with E-state index in [-0.39, 0.29) is 29.8 Å². The van der Waals surface area contributed by atoms with Gasteiger partial charge in [0.15, 0.2) is 0 Å². The zero-order valence-electron chi connectivity index (χ0n) is 23.3. The van der Waals surface area contributed by atoms with E-state index >= 15 is 0 Å². The minimum Gasteiger partial charge on any atom is -0.460 e. The van der Waals surface area contributed by atoms with Gasteiger partial charge < -0.3 is 20.4 Å². The van der Waals surface area contributed by atoms with Gasteiger partial charge in [0.2, 0.25) is 5.91 Å². The maximum Gasteiger partial charge on any atom is 0.253 e. The van der Waals surface area contributed by atoms with E-state index in [9.17, 15) is 9.59 Å². The molecule has 1 aromatic heterocycles. The Bertz CT molecular complexity index is 1540. The third kappa shape index (κ3) is 8.07. The van der Waals surface area contributed by atoms with E-state index in [1.807, 2.05) is 30.3 Å². The SMILES string of the molecule is CNC(=O)CC(Cc1ccc(C#N)cc1)NC(=O)c1cc(-c2ccc(CNC(C)c3ccc(C)cc3)o2)ccc1Cl. The average molecular weight is 569 g/mol. The van der Waals surface area contributed by atoms with Gasteiger partial charge in [-0.15, -0.1) is 0 Å². The predicted molar refractivity (Wildman–Crippen MR) is 160 cm³/mol. The molecule has 0 saturated heterocycles. The molecule has 2 atom stereocenters. The zero-order valence-corrected chi connectivity index (χ0v) is 24.1. The van der Waals surface area contributed by atoms with Crippen LogP contribution in [0.5, 0.6) is 0 Å². The topological polar surface area (TPSA) is 107 Å². The highest BCUT2D eigenvalue weighted by molar-refractivity contribution is 6.34. The maximum absolute atomic E-state index is 13.3. The molecular formula is C33H33ClN4O3. The molecule has 3 aromatic carbocycles. The predicted octanol–water partition coefficient (Wildman–Crippen LogP) is 6.11. The number of nitrogens with zero attached hydrogens (tertiary/aromatic N) is 1. The van der Waals surface area contributed by atoms with Crippen LogP contribution in [0, 0.1) is 18.3 Å². The summed E-state index contributed by atoms with van der Waals surface area (Å²) in [6.45, 7) is 4.72. The van der Waals surface area contributed by atoms with Crippen molar-refractivity contribution in [3.63, 3.8) is 0 Å². The van der Waals surface area contributed by atoms with E-state index in [1.54, 1.807) is 31.3 Å². The van der Waals surface area contributed by atoms with Crippen molar-refractivity contribution in [3.8, 4) is 17.4 Å². The van der Waals surface area contributed by atoms with Gasteiger partial charge in [0, 0.05) is 31.1 Å². The fourth-order valence-electron chi connectivity index (χ4n) is 4.47. The van der Waals surface area contributed by atoms with Crippen molar-refractivity contribution in [2.24, 2.45) is 0 Å². The lowest BCUT2D eigenvalue weighted by molar-refractivity contribution is -0.121. The lowest BCUT2D eigenvalue weighted by Gasteiger charge is -2.19. The van der Waals surface area contributed by atoms with Crippen LogP contribution in [0.15, 0.2) is 83.3 Å². The van der Waals surface area contributed by atoms with Crippen molar-refractivity contribution in [2.75, 3.05) is 7.05 Å². The molecule has 2 amide bonds. The molecule has 0 aliphatic carbocycles. The second-order valence-corrected chi connectivity index (χ2v) is 10.4. The van der Waals surface area contributed by atoms with Crippen molar-refractivity contribution >= 4 is 23.4 Å². The van der Waals surface area contributed by atoms with Crippen molar-refractivity contribution in [3.05, 3.63) is 117 Å². The summed E-state index contributed by atoms with van der Waals surface area (Å²) in [5, 5.41) is 18.4. The van der Waals surface area contributed by atoms with E-state index < -0.39 is 6.04 Å². The van der Waals surface area contributed by atoms with E-state index in [2.05, 4.69) is 60.1 Å². The Morgan fingerprint density at radius 3 is 2.41 bits per heavy atom. The number of hydrogen-bond acceptors (Lipinski definition) is 5. The molecule has 8 heteroatoms. The third-order valence-electron chi connectivity index (χ3n) is 6.93. The van der Waals surface area contributed by atoms with E-state index in [4.69, 9.17) is 21.3 Å². The summed E-state index contributed by atoms with van der Waals surface area (Å²) in [7, 11) is 1.56. The van der Waals surface area contributed by atoms with Crippen LogP contribution < -0.4 is 16.0 Å². The number of carbonyl (C=O) groups is 2. The number of furan rings is 1. The summed E-state index contributed by atoms with van der Waals surface area (Å²) in [5.74, 6) is 0.806. The van der Waals surface area contributed by atoms with Crippen LogP contribution in [0.2, 0.25) is 5.02 Å². The molecule has 1 heterocycles. The van der Waals surface area contributed by atoms with E-state index in [0.717, 1.165) is 11.3 Å². The molecule has 0 aliphatic heterocycles. The summed E-state index contributed by atoms with van der Waals surface area (Å²) >= 11 is 6.43. The molecule has 210 valence electrons. The highest BCUT2D eigenvalue weighted by Crippen LogP contribution is 2.27. The van der Waals surface area contributed by atoms with Crippen molar-refractivity contribution in [1.29, 1.82) is 5.26 Å². The lowest BCUT2D eigenvalue weighted by atomic mass is 10.0. The second kappa shape index (κ2) is 13.8. The van der Waals surface area contributed by atoms with Crippen molar-refractivity contribution < 1.29 is 14.0 Å². The standard InChI is InChI=1S/C33H33ClN4O3/c1-21-4-10-25(11-5-21)22(2)37-20-28-13-15-31(41-28)26-12-14-30(34)29(17-26)33(40)38-27(18-32(39)36-3)16-23-6-8-24(19-35)9-7-23/h4-15,17,22,27,37H,16,18,20H2,1-3H3,(H,36,39)(H,38,40). The Morgan fingerprint density at radius 1 is 1.00 bits per heavy atom. The van der Waals surface area contributed by atoms with Crippen LogP contribution in [0.4, 0.5) is 0 Å². The number of rotatable bonds is 11. The maximum atomic E-state index is 13.3. The molecule has 2 unspecified atom stereocenters. The molecule has 0 radical (unpaired) electrons. The van der Waals surface area contributed by atoms with Crippen LogP contribution in [-0.2, 0) is 17.8 Å². The number of nitriles is 1. The molecule has 0 aliphatic rings. The molecule has 0 saturated carbocycles. The quantitative estimate of drug-likeness (QED) is 0.202. The number of nitrogens with one attached hydrogen (secondary N) is 3. The molecule has 7 nitrogen and oxygen atoms in total. The Hall–Kier alpha value is -4.38. The third-order valence-corrected chi connectivity index (χ3v) is 7.26. The van der Waals surface area contributed by atoms with Gasteiger partial charge in [-0.2, -0.15) is 5.26 Å². The summed E-state index contributed by atoms with van der Waals surface area (Å²) < 4.78 is 6.08. The van der Waals surface area contributed by atoms with Gasteiger partial charge in [-0.25, -0.2) is 0 Å². The van der Waals surface area contributed by atoms with Crippen LogP contribution in [0.25, 0.3) is 11.3 Å². The van der Waals surface area contributed by atoms with Crippen molar-refractivity contribution in [2.45, 2.75) is 45.3 Å². The smallest absolute Gasteiger partial charge is 0.253 e. The first-order valence-electron chi connectivity index (χ1n) is 13.4. The molecule has 41 heavy (non-hydrogen) atoms. The number of aryl methyl sites for hydroxylation is 1. The van der Waals surface area contributed by atoms with Crippen LogP contribution in [-0.4, -0.2) is 24.9 Å². The highest BCUT2D eigenvalue weighted by atomic mass is 35.5. The zero-order chi connectivity index (χ0) is 29.4. The summed E-state index contributed by atoms with van der Waals surface area (Å²) in [5.41, 5.74) is 4.86. The Morgan fingerprint density at radius 2 is 1.73 bits per heavy atom. The Balaban J connectivity index is 1.45. The van der Waals surface area contributed by atoms with Gasteiger partial charge in [-0.3, -0.25) is 9.59 Å². The van der Waals surface area contributed by atoms with Gasteiger partial charge in [-0.05, 0) is 73.9 Å². The highest BCUT2D eigenvalue weighted by Gasteiger charge is 2.20. The number of hydrogen-bond donors (Lipinski definition) is 3. The largest absolute Gasteiger partial charge is 0.460 e. The monoisotopic (exact) mass is 568 g/mol. The molecule has 0 bridgehead atoms. The first-order valence-corrected chi connectivity index (χ1v) is 13.8. The Kier molecular flexibility index (Phi) is 9.96. The number of benzene rings is 3. The second-order valence-electron chi connectivity index (χ2n) is 10.0. The molecule has 4 aromatic rings. The fourth-order valence-corrected chi connectivity index (χ4v) is 4.67. The molecule has 0 spiro atoms. The van der Waals surface area contributed by atoms with Gasteiger partial charge in [0.1, 0.15) is 11.5 Å². The van der Waals surface area contributed by atoms with Crippen molar-refractivity contribution in [1.82, 2.24) is 16.0 Å². The Labute approximate surface area is 245 Å². The first kappa shape index (κ1) is 29.6.